The number of allylic oxidation sites excluding steroid dienone is 4. The molecule has 1 spiro atoms. The average molecular weight is 431 g/mol. The van der Waals surface area contributed by atoms with Crippen LogP contribution in [0.25, 0.3) is 0 Å². The molecule has 2 saturated carbocycles. The second-order valence-corrected chi connectivity index (χ2v) is 11.9. The molecule has 3 aliphatic rings. The SMILES string of the molecule is CC(C)=CCC12C[C@H]3C(C)(C)[C@H](C(C)(C)O)C[C@@]3(C(=O)C(C(=O)CC(C)C)=C1O)C2=O. The van der Waals surface area contributed by atoms with Gasteiger partial charge in [-0.25, -0.2) is 0 Å². The van der Waals surface area contributed by atoms with Gasteiger partial charge >= 0.3 is 0 Å². The van der Waals surface area contributed by atoms with E-state index >= 15 is 0 Å². The molecule has 4 atom stereocenters. The topological polar surface area (TPSA) is 91.7 Å². The van der Waals surface area contributed by atoms with Crippen LogP contribution in [-0.2, 0) is 14.4 Å². The molecule has 0 amide bonds. The van der Waals surface area contributed by atoms with Crippen molar-refractivity contribution in [2.45, 2.75) is 86.7 Å². The van der Waals surface area contributed by atoms with Gasteiger partial charge in [0.15, 0.2) is 17.3 Å². The minimum Gasteiger partial charge on any atom is -0.510 e. The van der Waals surface area contributed by atoms with E-state index in [2.05, 4.69) is 0 Å². The first-order chi connectivity index (χ1) is 14.0. The van der Waals surface area contributed by atoms with E-state index in [1.165, 1.54) is 0 Å². The summed E-state index contributed by atoms with van der Waals surface area (Å²) in [5.41, 5.74) is -3.31. The second kappa shape index (κ2) is 7.13. The predicted molar refractivity (Wildman–Crippen MR) is 119 cm³/mol. The van der Waals surface area contributed by atoms with E-state index in [4.69, 9.17) is 0 Å². The van der Waals surface area contributed by atoms with Gasteiger partial charge in [-0.3, -0.25) is 14.4 Å². The van der Waals surface area contributed by atoms with Crippen molar-refractivity contribution in [1.29, 1.82) is 0 Å². The van der Waals surface area contributed by atoms with Crippen molar-refractivity contribution in [2.24, 2.45) is 34.0 Å². The molecule has 2 fully saturated rings. The van der Waals surface area contributed by atoms with Crippen LogP contribution in [0, 0.1) is 34.0 Å². The molecule has 172 valence electrons. The van der Waals surface area contributed by atoms with E-state index in [9.17, 15) is 24.6 Å². The van der Waals surface area contributed by atoms with Gasteiger partial charge in [-0.1, -0.05) is 39.3 Å². The Morgan fingerprint density at radius 2 is 1.77 bits per heavy atom. The van der Waals surface area contributed by atoms with E-state index in [0.29, 0.717) is 6.42 Å². The number of hydrogen-bond acceptors (Lipinski definition) is 5. The summed E-state index contributed by atoms with van der Waals surface area (Å²) in [7, 11) is 0. The molecular weight excluding hydrogens is 392 g/mol. The minimum atomic E-state index is -1.35. The van der Waals surface area contributed by atoms with Crippen LogP contribution in [0.4, 0.5) is 0 Å². The quantitative estimate of drug-likeness (QED) is 0.361. The number of aliphatic hydroxyl groups excluding tert-OH is 1. The van der Waals surface area contributed by atoms with Gasteiger partial charge in [-0.15, -0.1) is 0 Å². The van der Waals surface area contributed by atoms with E-state index in [1.54, 1.807) is 13.8 Å². The number of carbonyl (C=O) groups is 3. The summed E-state index contributed by atoms with van der Waals surface area (Å²) in [5, 5.41) is 22.2. The van der Waals surface area contributed by atoms with E-state index < -0.39 is 27.6 Å². The fourth-order valence-corrected chi connectivity index (χ4v) is 6.83. The molecule has 0 radical (unpaired) electrons. The zero-order valence-electron chi connectivity index (χ0n) is 20.3. The molecule has 0 saturated heterocycles. The van der Waals surface area contributed by atoms with Gasteiger partial charge in [0.1, 0.15) is 11.3 Å². The molecule has 3 aliphatic carbocycles. The molecule has 1 unspecified atom stereocenters. The molecule has 0 aromatic rings. The summed E-state index contributed by atoms with van der Waals surface area (Å²) in [4.78, 5) is 41.1. The van der Waals surface area contributed by atoms with Crippen molar-refractivity contribution in [3.8, 4) is 0 Å². The standard InChI is InChI=1S/C26H38O5/c1-14(2)9-10-25-12-18-23(5,6)17(24(7,8)31)13-26(18,22(25)30)21(29)19(20(25)28)16(27)11-15(3)4/h9,15,17-18,28,31H,10-13H2,1-8H3/t17-,18+,25?,26-/m1/s1. The minimum absolute atomic E-state index is 0.0297. The van der Waals surface area contributed by atoms with E-state index in [-0.39, 0.29) is 59.9 Å². The summed E-state index contributed by atoms with van der Waals surface area (Å²) < 4.78 is 0. The molecule has 2 bridgehead atoms. The van der Waals surface area contributed by atoms with Crippen molar-refractivity contribution in [1.82, 2.24) is 0 Å². The van der Waals surface area contributed by atoms with Crippen molar-refractivity contribution in [3.63, 3.8) is 0 Å². The molecule has 5 nitrogen and oxygen atoms in total. The number of aliphatic hydroxyl groups is 2. The summed E-state index contributed by atoms with van der Waals surface area (Å²) in [6.45, 7) is 15.1. The lowest BCUT2D eigenvalue weighted by molar-refractivity contribution is -0.145. The van der Waals surface area contributed by atoms with Gasteiger partial charge in [0.2, 0.25) is 0 Å². The molecule has 31 heavy (non-hydrogen) atoms. The maximum Gasteiger partial charge on any atom is 0.183 e. The Morgan fingerprint density at radius 1 is 1.19 bits per heavy atom. The van der Waals surface area contributed by atoms with Crippen LogP contribution in [0.1, 0.15) is 81.1 Å². The third-order valence-electron chi connectivity index (χ3n) is 8.22. The van der Waals surface area contributed by atoms with Crippen LogP contribution >= 0.6 is 0 Å². The van der Waals surface area contributed by atoms with Crippen molar-refractivity contribution in [3.05, 3.63) is 23.0 Å². The Kier molecular flexibility index (Phi) is 5.50. The van der Waals surface area contributed by atoms with Gasteiger partial charge < -0.3 is 10.2 Å². The summed E-state index contributed by atoms with van der Waals surface area (Å²) in [6.07, 6.45) is 2.90. The first-order valence-corrected chi connectivity index (χ1v) is 11.5. The summed E-state index contributed by atoms with van der Waals surface area (Å²) >= 11 is 0. The first kappa shape index (κ1) is 23.9. The predicted octanol–water partition coefficient (Wildman–Crippen LogP) is 4.73. The van der Waals surface area contributed by atoms with Crippen molar-refractivity contribution < 1.29 is 24.6 Å². The monoisotopic (exact) mass is 430 g/mol. The molecule has 5 heteroatoms. The average Bonchev–Trinajstić information content (AvgIpc) is 2.97. The third-order valence-corrected chi connectivity index (χ3v) is 8.22. The highest BCUT2D eigenvalue weighted by Gasteiger charge is 2.78. The number of fused-ring (bicyclic) bond motifs is 1. The van der Waals surface area contributed by atoms with Crippen molar-refractivity contribution in [2.75, 3.05) is 0 Å². The second-order valence-electron chi connectivity index (χ2n) is 11.9. The van der Waals surface area contributed by atoms with Crippen LogP contribution < -0.4 is 0 Å². The highest BCUT2D eigenvalue weighted by atomic mass is 16.3. The molecular formula is C26H38O5. The van der Waals surface area contributed by atoms with Gasteiger partial charge in [0.05, 0.1) is 16.4 Å². The fraction of sp³-hybridized carbons (Fsp3) is 0.731. The van der Waals surface area contributed by atoms with Gasteiger partial charge in [0.25, 0.3) is 0 Å². The van der Waals surface area contributed by atoms with Crippen molar-refractivity contribution >= 4 is 17.3 Å². The van der Waals surface area contributed by atoms with Crippen LogP contribution in [0.15, 0.2) is 23.0 Å². The molecule has 2 N–H and O–H groups in total. The molecule has 0 aliphatic heterocycles. The largest absolute Gasteiger partial charge is 0.510 e. The van der Waals surface area contributed by atoms with Crippen LogP contribution in [0.3, 0.4) is 0 Å². The zero-order chi connectivity index (χ0) is 23.7. The summed E-state index contributed by atoms with van der Waals surface area (Å²) in [6, 6.07) is 0. The Morgan fingerprint density at radius 3 is 2.26 bits per heavy atom. The maximum atomic E-state index is 14.1. The highest BCUT2D eigenvalue weighted by Crippen LogP contribution is 2.73. The number of ketones is 3. The van der Waals surface area contributed by atoms with E-state index in [1.807, 2.05) is 47.6 Å². The first-order valence-electron chi connectivity index (χ1n) is 11.5. The molecule has 0 aromatic carbocycles. The molecule has 0 heterocycles. The van der Waals surface area contributed by atoms with Crippen LogP contribution in [0.2, 0.25) is 0 Å². The smallest absolute Gasteiger partial charge is 0.183 e. The Labute approximate surface area is 186 Å². The van der Waals surface area contributed by atoms with Crippen LogP contribution in [-0.4, -0.2) is 33.2 Å². The Balaban J connectivity index is 2.27. The van der Waals surface area contributed by atoms with Crippen LogP contribution in [0.5, 0.6) is 0 Å². The maximum absolute atomic E-state index is 14.1. The molecule has 3 rings (SSSR count). The lowest BCUT2D eigenvalue weighted by Crippen LogP contribution is -2.50. The summed E-state index contributed by atoms with van der Waals surface area (Å²) in [5.74, 6) is -2.06. The lowest BCUT2D eigenvalue weighted by Gasteiger charge is -2.41. The normalized spacial score (nSPS) is 34.4. The third kappa shape index (κ3) is 3.18. The lowest BCUT2D eigenvalue weighted by atomic mass is 9.62. The van der Waals surface area contributed by atoms with Gasteiger partial charge in [-0.05, 0) is 70.1 Å². The Hall–Kier alpha value is -1.75. The zero-order valence-corrected chi connectivity index (χ0v) is 20.3. The van der Waals surface area contributed by atoms with Gasteiger partial charge in [0, 0.05) is 6.42 Å². The highest BCUT2D eigenvalue weighted by molar-refractivity contribution is 6.32. The Bertz CT molecular complexity index is 893. The molecule has 0 aromatic heterocycles. The number of Topliss-reactive ketones (excluding diaryl/α,β-unsaturated/α-hetero) is 3. The van der Waals surface area contributed by atoms with E-state index in [0.717, 1.165) is 5.57 Å². The fourth-order valence-electron chi connectivity index (χ4n) is 6.83. The van der Waals surface area contributed by atoms with Gasteiger partial charge in [-0.2, -0.15) is 0 Å². The number of hydrogen-bond donors (Lipinski definition) is 2. The number of rotatable bonds is 6. The number of carbonyl (C=O) groups excluding carboxylic acids is 3.